The van der Waals surface area contributed by atoms with Crippen LogP contribution in [-0.2, 0) is 33.8 Å². The Morgan fingerprint density at radius 3 is 2.64 bits per heavy atom. The molecule has 1 aromatic heterocycles. The Morgan fingerprint density at radius 2 is 2.00 bits per heavy atom. The molecule has 1 saturated heterocycles. The topological polar surface area (TPSA) is 128 Å². The number of amides is 1. The predicted molar refractivity (Wildman–Crippen MR) is 131 cm³/mol. The minimum absolute atomic E-state index is 0.0606. The number of nitrogens with two attached hydrogens (primary N) is 1. The van der Waals surface area contributed by atoms with Gasteiger partial charge in [0.1, 0.15) is 12.4 Å². The molecule has 0 saturated carbocycles. The largest absolute Gasteiger partial charge is 0.473 e. The fourth-order valence-electron chi connectivity index (χ4n) is 4.83. The molecule has 0 aliphatic carbocycles. The number of aryl methyl sites for hydroxylation is 1. The lowest BCUT2D eigenvalue weighted by atomic mass is 9.75. The summed E-state index contributed by atoms with van der Waals surface area (Å²) in [5, 5.41) is -0.607. The number of halogens is 1. The molecule has 11 heteroatoms. The molecule has 2 atom stereocenters. The van der Waals surface area contributed by atoms with E-state index in [1.807, 2.05) is 36.4 Å². The summed E-state index contributed by atoms with van der Waals surface area (Å²) in [4.78, 5) is 18.2. The molecule has 2 aromatic carbocycles. The Labute approximate surface area is 209 Å². The van der Waals surface area contributed by atoms with Gasteiger partial charge < -0.3 is 15.0 Å². The van der Waals surface area contributed by atoms with E-state index in [1.165, 1.54) is 11.6 Å². The van der Waals surface area contributed by atoms with Crippen LogP contribution < -0.4 is 10.5 Å². The molecule has 0 radical (unpaired) electrons. The van der Waals surface area contributed by atoms with Gasteiger partial charge in [-0.25, -0.2) is 9.37 Å². The van der Waals surface area contributed by atoms with Crippen molar-refractivity contribution < 1.29 is 26.9 Å². The zero-order chi connectivity index (χ0) is 25.9. The van der Waals surface area contributed by atoms with E-state index >= 15 is 0 Å². The number of ether oxygens (including phenoxy) is 1. The molecule has 36 heavy (non-hydrogen) atoms. The molecule has 9 nitrogen and oxygen atoms in total. The van der Waals surface area contributed by atoms with Crippen LogP contribution in [-0.4, -0.2) is 59.6 Å². The summed E-state index contributed by atoms with van der Waals surface area (Å²) in [6, 6.07) is 17.4. The van der Waals surface area contributed by atoms with E-state index in [4.69, 9.17) is 10.5 Å². The van der Waals surface area contributed by atoms with Gasteiger partial charge in [-0.1, -0.05) is 42.5 Å². The number of rotatable bonds is 10. The third-order valence-corrected chi connectivity index (χ3v) is 7.29. The standard InChI is InChI=1S/C25H29FN4O5S/c1-29-16-21(36(32,33)34)28-24(29)22(23(27)31)35-20-9-5-8-19(14-20)25(10-12-30(17-25)13-11-26)15-18-6-3-2-4-7-18/h2-9,14,16,22H,10-13,15,17H2,1H3,(H2,27,31)(H,32,33,34). The first-order valence-electron chi connectivity index (χ1n) is 11.5. The van der Waals surface area contributed by atoms with Crippen LogP contribution in [0.5, 0.6) is 5.75 Å². The van der Waals surface area contributed by atoms with Gasteiger partial charge in [0.05, 0.1) is 0 Å². The first-order chi connectivity index (χ1) is 17.1. The van der Waals surface area contributed by atoms with E-state index in [1.54, 1.807) is 6.07 Å². The van der Waals surface area contributed by atoms with Gasteiger partial charge in [0, 0.05) is 31.7 Å². The van der Waals surface area contributed by atoms with Crippen molar-refractivity contribution in [2.75, 3.05) is 26.3 Å². The highest BCUT2D eigenvalue weighted by molar-refractivity contribution is 7.85. The average molecular weight is 517 g/mol. The van der Waals surface area contributed by atoms with Crippen molar-refractivity contribution in [3.05, 3.63) is 77.7 Å². The van der Waals surface area contributed by atoms with E-state index < -0.39 is 33.8 Å². The Balaban J connectivity index is 1.67. The van der Waals surface area contributed by atoms with Crippen LogP contribution in [0.2, 0.25) is 0 Å². The number of likely N-dealkylation sites (tertiary alicyclic amines) is 1. The number of alkyl halides is 1. The Kier molecular flexibility index (Phi) is 7.43. The highest BCUT2D eigenvalue weighted by atomic mass is 32.2. The van der Waals surface area contributed by atoms with Crippen molar-refractivity contribution in [2.24, 2.45) is 12.8 Å². The van der Waals surface area contributed by atoms with Crippen molar-refractivity contribution in [3.8, 4) is 5.75 Å². The second-order valence-corrected chi connectivity index (χ2v) is 10.5. The number of nitrogens with zero attached hydrogens (tertiary/aromatic N) is 3. The Hall–Kier alpha value is -3.28. The first-order valence-corrected chi connectivity index (χ1v) is 12.9. The molecule has 0 spiro atoms. The number of benzene rings is 2. The number of imidazole rings is 1. The summed E-state index contributed by atoms with van der Waals surface area (Å²) in [5.74, 6) is -0.580. The quantitative estimate of drug-likeness (QED) is 0.396. The number of primary amides is 1. The molecular formula is C25H29FN4O5S. The van der Waals surface area contributed by atoms with Gasteiger partial charge in [-0.3, -0.25) is 14.2 Å². The molecule has 1 amide bonds. The molecule has 0 bridgehead atoms. The first kappa shape index (κ1) is 25.8. The van der Waals surface area contributed by atoms with E-state index in [0.717, 1.165) is 36.7 Å². The average Bonchev–Trinajstić information content (AvgIpc) is 3.43. The maximum atomic E-state index is 13.1. The van der Waals surface area contributed by atoms with Gasteiger partial charge >= 0.3 is 10.1 Å². The van der Waals surface area contributed by atoms with Crippen molar-refractivity contribution in [3.63, 3.8) is 0 Å². The fraction of sp³-hybridized carbons (Fsp3) is 0.360. The van der Waals surface area contributed by atoms with Crippen LogP contribution in [0.1, 0.15) is 29.5 Å². The molecule has 2 unspecified atom stereocenters. The number of hydrogen-bond acceptors (Lipinski definition) is 6. The number of aromatic nitrogens is 2. The van der Waals surface area contributed by atoms with Crippen molar-refractivity contribution in [1.29, 1.82) is 0 Å². The molecule has 2 heterocycles. The molecule has 192 valence electrons. The maximum Gasteiger partial charge on any atom is 0.313 e. The van der Waals surface area contributed by atoms with Gasteiger partial charge in [0.25, 0.3) is 5.91 Å². The molecule has 3 aromatic rings. The van der Waals surface area contributed by atoms with E-state index in [2.05, 4.69) is 22.0 Å². The molecule has 3 N–H and O–H groups in total. The van der Waals surface area contributed by atoms with Crippen LogP contribution in [0.3, 0.4) is 0 Å². The van der Waals surface area contributed by atoms with E-state index in [-0.39, 0.29) is 11.2 Å². The van der Waals surface area contributed by atoms with Crippen molar-refractivity contribution in [2.45, 2.75) is 29.4 Å². The zero-order valence-corrected chi connectivity index (χ0v) is 20.7. The van der Waals surface area contributed by atoms with E-state index in [0.29, 0.717) is 18.8 Å². The minimum atomic E-state index is -4.57. The number of carbonyl (C=O) groups is 1. The second-order valence-electron chi connectivity index (χ2n) is 9.11. The summed E-state index contributed by atoms with van der Waals surface area (Å²) >= 11 is 0. The summed E-state index contributed by atoms with van der Waals surface area (Å²) in [6.45, 7) is 1.38. The Bertz CT molecular complexity index is 1330. The lowest BCUT2D eigenvalue weighted by Gasteiger charge is -2.31. The predicted octanol–water partition coefficient (Wildman–Crippen LogP) is 2.43. The highest BCUT2D eigenvalue weighted by Crippen LogP contribution is 2.39. The SMILES string of the molecule is Cn1cc(S(=O)(=O)O)nc1C(Oc1cccc(C2(Cc3ccccc3)CCN(CCF)C2)c1)C(N)=O. The molecule has 1 aliphatic rings. The lowest BCUT2D eigenvalue weighted by molar-refractivity contribution is -0.125. The minimum Gasteiger partial charge on any atom is -0.473 e. The molecule has 4 rings (SSSR count). The number of hydrogen-bond donors (Lipinski definition) is 2. The van der Waals surface area contributed by atoms with Crippen LogP contribution in [0.15, 0.2) is 65.8 Å². The Morgan fingerprint density at radius 1 is 1.25 bits per heavy atom. The van der Waals surface area contributed by atoms with Gasteiger partial charge in [0.2, 0.25) is 11.1 Å². The third kappa shape index (κ3) is 5.58. The molecule has 1 fully saturated rings. The lowest BCUT2D eigenvalue weighted by Crippen LogP contribution is -2.34. The zero-order valence-electron chi connectivity index (χ0n) is 19.9. The van der Waals surface area contributed by atoms with Crippen LogP contribution in [0, 0.1) is 0 Å². The van der Waals surface area contributed by atoms with Gasteiger partial charge in [-0.2, -0.15) is 8.42 Å². The van der Waals surface area contributed by atoms with Crippen LogP contribution in [0.4, 0.5) is 4.39 Å². The second kappa shape index (κ2) is 10.4. The monoisotopic (exact) mass is 516 g/mol. The normalized spacial score (nSPS) is 19.3. The highest BCUT2D eigenvalue weighted by Gasteiger charge is 2.40. The van der Waals surface area contributed by atoms with Crippen LogP contribution >= 0.6 is 0 Å². The third-order valence-electron chi connectivity index (χ3n) is 6.57. The van der Waals surface area contributed by atoms with Gasteiger partial charge in [-0.05, 0) is 42.6 Å². The smallest absolute Gasteiger partial charge is 0.313 e. The number of carbonyl (C=O) groups excluding carboxylic acids is 1. The maximum absolute atomic E-state index is 13.1. The summed E-state index contributed by atoms with van der Waals surface area (Å²) in [5.41, 5.74) is 7.42. The fourth-order valence-corrected chi connectivity index (χ4v) is 5.33. The van der Waals surface area contributed by atoms with Crippen molar-refractivity contribution in [1.82, 2.24) is 14.5 Å². The van der Waals surface area contributed by atoms with Gasteiger partial charge in [0.15, 0.2) is 5.82 Å². The van der Waals surface area contributed by atoms with Gasteiger partial charge in [-0.15, -0.1) is 0 Å². The summed E-state index contributed by atoms with van der Waals surface area (Å²) in [7, 11) is -3.10. The molecular weight excluding hydrogens is 487 g/mol. The van der Waals surface area contributed by atoms with Crippen LogP contribution in [0.25, 0.3) is 0 Å². The molecule has 1 aliphatic heterocycles. The van der Waals surface area contributed by atoms with Crippen molar-refractivity contribution >= 4 is 16.0 Å². The van der Waals surface area contributed by atoms with E-state index in [9.17, 15) is 22.2 Å². The summed E-state index contributed by atoms with van der Waals surface area (Å²) < 4.78 is 52.6. The summed E-state index contributed by atoms with van der Waals surface area (Å²) in [6.07, 6.45) is 1.25.